The number of amides is 2. The van der Waals surface area contributed by atoms with Gasteiger partial charge in [-0.2, -0.15) is 0 Å². The number of carbonyl (C=O) groups excluding carboxylic acids is 2. The van der Waals surface area contributed by atoms with E-state index in [0.29, 0.717) is 28.9 Å². The molecule has 0 bridgehead atoms. The third kappa shape index (κ3) is 6.64. The normalized spacial score (nSPS) is 13.8. The standard InChI is InChI=1S/C31H38N4O4/c1-6-35(23(5)36)29-17-26(25-9-7-24(8-10-25)19-34-11-13-39-14-12-34)16-27(22(29)4)30(37)32-18-28-20(2)15-21(3)33-31(28)38/h7-10,15-17H,6,11-14,18-19H2,1-5H3,(H,32,37)(H,33,38). The number of aryl methyl sites for hydroxylation is 2. The second-order valence-corrected chi connectivity index (χ2v) is 10.1. The van der Waals surface area contributed by atoms with Crippen molar-refractivity contribution in [2.75, 3.05) is 37.7 Å². The second kappa shape index (κ2) is 12.4. The maximum Gasteiger partial charge on any atom is 0.253 e. The van der Waals surface area contributed by atoms with Gasteiger partial charge < -0.3 is 19.9 Å². The number of nitrogens with one attached hydrogen (secondary N) is 2. The van der Waals surface area contributed by atoms with Gasteiger partial charge in [0.25, 0.3) is 11.5 Å². The van der Waals surface area contributed by atoms with Crippen LogP contribution in [-0.4, -0.2) is 54.5 Å². The van der Waals surface area contributed by atoms with Crippen LogP contribution in [0.4, 0.5) is 5.69 Å². The lowest BCUT2D eigenvalue weighted by Crippen LogP contribution is -2.35. The molecule has 0 atom stereocenters. The van der Waals surface area contributed by atoms with Crippen molar-refractivity contribution in [3.8, 4) is 11.1 Å². The number of hydrogen-bond acceptors (Lipinski definition) is 5. The number of carbonyl (C=O) groups is 2. The van der Waals surface area contributed by atoms with Gasteiger partial charge in [-0.3, -0.25) is 19.3 Å². The molecule has 2 N–H and O–H groups in total. The molecule has 0 spiro atoms. The van der Waals surface area contributed by atoms with Crippen LogP contribution in [0.1, 0.15) is 52.2 Å². The van der Waals surface area contributed by atoms with E-state index in [1.54, 1.807) is 4.90 Å². The Balaban J connectivity index is 1.65. The zero-order valence-electron chi connectivity index (χ0n) is 23.5. The smallest absolute Gasteiger partial charge is 0.253 e. The average Bonchev–Trinajstić information content (AvgIpc) is 2.90. The number of aromatic amines is 1. The maximum atomic E-state index is 13.5. The fourth-order valence-electron chi connectivity index (χ4n) is 5.13. The van der Waals surface area contributed by atoms with Gasteiger partial charge in [0, 0.05) is 62.2 Å². The third-order valence-electron chi connectivity index (χ3n) is 7.33. The van der Waals surface area contributed by atoms with E-state index in [0.717, 1.165) is 55.2 Å². The Morgan fingerprint density at radius 1 is 1.03 bits per heavy atom. The SMILES string of the molecule is CCN(C(C)=O)c1cc(-c2ccc(CN3CCOCC3)cc2)cc(C(=O)NCc2c(C)cc(C)[nH]c2=O)c1C. The molecule has 8 heteroatoms. The van der Waals surface area contributed by atoms with Crippen LogP contribution >= 0.6 is 0 Å². The number of pyridine rings is 1. The molecule has 2 amide bonds. The van der Waals surface area contributed by atoms with E-state index in [2.05, 4.69) is 39.5 Å². The van der Waals surface area contributed by atoms with E-state index in [1.807, 2.05) is 45.9 Å². The highest BCUT2D eigenvalue weighted by atomic mass is 16.5. The zero-order valence-corrected chi connectivity index (χ0v) is 23.5. The number of ether oxygens (including phenoxy) is 1. The molecule has 0 aliphatic carbocycles. The molecule has 8 nitrogen and oxygen atoms in total. The first-order valence-corrected chi connectivity index (χ1v) is 13.5. The Bertz CT molecular complexity index is 1410. The molecule has 1 saturated heterocycles. The number of H-pyrrole nitrogens is 1. The fraction of sp³-hybridized carbons (Fsp3) is 0.387. The molecule has 1 aliphatic heterocycles. The van der Waals surface area contributed by atoms with Crippen LogP contribution in [0.2, 0.25) is 0 Å². The Morgan fingerprint density at radius 3 is 2.33 bits per heavy atom. The van der Waals surface area contributed by atoms with Gasteiger partial charge in [0.1, 0.15) is 0 Å². The van der Waals surface area contributed by atoms with E-state index in [9.17, 15) is 14.4 Å². The number of aromatic nitrogens is 1. The highest BCUT2D eigenvalue weighted by molar-refractivity contribution is 6.01. The van der Waals surface area contributed by atoms with Gasteiger partial charge in [-0.25, -0.2) is 0 Å². The molecular weight excluding hydrogens is 492 g/mol. The predicted octanol–water partition coefficient (Wildman–Crippen LogP) is 4.10. The van der Waals surface area contributed by atoms with E-state index in [4.69, 9.17) is 4.74 Å². The zero-order chi connectivity index (χ0) is 28.1. The van der Waals surface area contributed by atoms with Gasteiger partial charge in [0.15, 0.2) is 0 Å². The number of nitrogens with zero attached hydrogens (tertiary/aromatic N) is 2. The van der Waals surface area contributed by atoms with Crippen molar-refractivity contribution in [1.29, 1.82) is 0 Å². The summed E-state index contributed by atoms with van der Waals surface area (Å²) < 4.78 is 5.45. The Kier molecular flexibility index (Phi) is 8.99. The average molecular weight is 531 g/mol. The molecule has 4 rings (SSSR count). The molecule has 3 aromatic rings. The summed E-state index contributed by atoms with van der Waals surface area (Å²) in [7, 11) is 0. The van der Waals surface area contributed by atoms with Gasteiger partial charge in [-0.05, 0) is 73.7 Å². The van der Waals surface area contributed by atoms with Crippen LogP contribution in [-0.2, 0) is 22.6 Å². The van der Waals surface area contributed by atoms with Crippen molar-refractivity contribution in [2.24, 2.45) is 0 Å². The summed E-state index contributed by atoms with van der Waals surface area (Å²) in [5, 5.41) is 2.93. The van der Waals surface area contributed by atoms with Crippen LogP contribution < -0.4 is 15.8 Å². The molecular formula is C31H38N4O4. The van der Waals surface area contributed by atoms with Gasteiger partial charge in [-0.1, -0.05) is 24.3 Å². The van der Waals surface area contributed by atoms with E-state index in [-0.39, 0.29) is 23.9 Å². The monoisotopic (exact) mass is 530 g/mol. The number of morpholine rings is 1. The molecule has 0 unspecified atom stereocenters. The van der Waals surface area contributed by atoms with Gasteiger partial charge in [0.2, 0.25) is 5.91 Å². The van der Waals surface area contributed by atoms with E-state index in [1.165, 1.54) is 12.5 Å². The Hall–Kier alpha value is -3.75. The molecule has 1 fully saturated rings. The molecule has 1 aromatic heterocycles. The van der Waals surface area contributed by atoms with Crippen molar-refractivity contribution in [3.05, 3.63) is 86.3 Å². The lowest BCUT2D eigenvalue weighted by molar-refractivity contribution is -0.116. The van der Waals surface area contributed by atoms with Crippen LogP contribution in [0.3, 0.4) is 0 Å². The molecule has 2 aromatic carbocycles. The van der Waals surface area contributed by atoms with Crippen LogP contribution in [0.15, 0.2) is 47.3 Å². The minimum Gasteiger partial charge on any atom is -0.379 e. The molecule has 2 heterocycles. The van der Waals surface area contributed by atoms with Crippen molar-refractivity contribution in [3.63, 3.8) is 0 Å². The fourth-order valence-corrected chi connectivity index (χ4v) is 5.13. The summed E-state index contributed by atoms with van der Waals surface area (Å²) in [6.07, 6.45) is 0. The summed E-state index contributed by atoms with van der Waals surface area (Å²) in [4.78, 5) is 45.3. The topological polar surface area (TPSA) is 94.7 Å². The van der Waals surface area contributed by atoms with Crippen molar-refractivity contribution >= 4 is 17.5 Å². The van der Waals surface area contributed by atoms with E-state index < -0.39 is 0 Å². The van der Waals surface area contributed by atoms with Gasteiger partial charge >= 0.3 is 0 Å². The van der Waals surface area contributed by atoms with Crippen molar-refractivity contribution in [1.82, 2.24) is 15.2 Å². The van der Waals surface area contributed by atoms with Crippen LogP contribution in [0, 0.1) is 20.8 Å². The largest absolute Gasteiger partial charge is 0.379 e. The molecule has 39 heavy (non-hydrogen) atoms. The highest BCUT2D eigenvalue weighted by Gasteiger charge is 2.20. The number of hydrogen-bond donors (Lipinski definition) is 2. The van der Waals surface area contributed by atoms with Gasteiger partial charge in [-0.15, -0.1) is 0 Å². The third-order valence-corrected chi connectivity index (χ3v) is 7.33. The first-order chi connectivity index (χ1) is 18.7. The summed E-state index contributed by atoms with van der Waals surface area (Å²) >= 11 is 0. The second-order valence-electron chi connectivity index (χ2n) is 10.1. The Labute approximate surface area is 230 Å². The molecule has 1 aliphatic rings. The highest BCUT2D eigenvalue weighted by Crippen LogP contribution is 2.32. The summed E-state index contributed by atoms with van der Waals surface area (Å²) in [6, 6.07) is 14.1. The van der Waals surface area contributed by atoms with E-state index >= 15 is 0 Å². The molecule has 0 radical (unpaired) electrons. The first-order valence-electron chi connectivity index (χ1n) is 13.5. The Morgan fingerprint density at radius 2 is 1.72 bits per heavy atom. The minimum atomic E-state index is -0.293. The quantitative estimate of drug-likeness (QED) is 0.457. The lowest BCUT2D eigenvalue weighted by Gasteiger charge is -2.26. The maximum absolute atomic E-state index is 13.5. The first kappa shape index (κ1) is 28.3. The number of rotatable bonds is 8. The summed E-state index contributed by atoms with van der Waals surface area (Å²) in [6.45, 7) is 13.8. The summed E-state index contributed by atoms with van der Waals surface area (Å²) in [5.41, 5.74) is 6.84. The number of benzene rings is 2. The molecule has 206 valence electrons. The predicted molar refractivity (Wildman–Crippen MR) is 154 cm³/mol. The minimum absolute atomic E-state index is 0.0909. The molecule has 0 saturated carbocycles. The van der Waals surface area contributed by atoms with Crippen molar-refractivity contribution in [2.45, 2.75) is 47.7 Å². The number of anilines is 1. The van der Waals surface area contributed by atoms with Crippen molar-refractivity contribution < 1.29 is 14.3 Å². The van der Waals surface area contributed by atoms with Crippen LogP contribution in [0.5, 0.6) is 0 Å². The lowest BCUT2D eigenvalue weighted by atomic mass is 9.96. The van der Waals surface area contributed by atoms with Gasteiger partial charge in [0.05, 0.1) is 13.2 Å². The van der Waals surface area contributed by atoms with Crippen LogP contribution in [0.25, 0.3) is 11.1 Å². The summed E-state index contributed by atoms with van der Waals surface area (Å²) in [5.74, 6) is -0.384.